The normalized spacial score (nSPS) is 10.6. The second kappa shape index (κ2) is 7.13. The highest BCUT2D eigenvalue weighted by Crippen LogP contribution is 2.19. The molecule has 0 bridgehead atoms. The third-order valence-electron chi connectivity index (χ3n) is 3.16. The van der Waals surface area contributed by atoms with Crippen molar-refractivity contribution in [2.45, 2.75) is 20.0 Å². The average molecular weight is 345 g/mol. The fourth-order valence-corrected chi connectivity index (χ4v) is 2.54. The molecule has 124 valence electrons. The third-order valence-corrected chi connectivity index (χ3v) is 4.14. The van der Waals surface area contributed by atoms with E-state index in [-0.39, 0.29) is 12.5 Å². The number of tetrazole rings is 1. The SMILES string of the molecule is CCc1nnc(NC(=O)c2cccc(OCc3nnnn3C)c2)s1. The van der Waals surface area contributed by atoms with Crippen molar-refractivity contribution < 1.29 is 9.53 Å². The molecule has 0 atom stereocenters. The monoisotopic (exact) mass is 345 g/mol. The molecule has 3 aromatic rings. The number of aryl methyl sites for hydroxylation is 2. The lowest BCUT2D eigenvalue weighted by Crippen LogP contribution is -2.12. The minimum Gasteiger partial charge on any atom is -0.486 e. The van der Waals surface area contributed by atoms with Crippen molar-refractivity contribution in [3.63, 3.8) is 0 Å². The molecule has 2 heterocycles. The van der Waals surface area contributed by atoms with Gasteiger partial charge in [0.25, 0.3) is 5.91 Å². The minimum absolute atomic E-state index is 0.213. The number of anilines is 1. The zero-order valence-corrected chi connectivity index (χ0v) is 13.9. The Bertz CT molecular complexity index is 845. The van der Waals surface area contributed by atoms with Crippen LogP contribution in [0.5, 0.6) is 5.75 Å². The van der Waals surface area contributed by atoms with Crippen molar-refractivity contribution >= 4 is 22.4 Å². The van der Waals surface area contributed by atoms with Gasteiger partial charge in [0.05, 0.1) is 0 Å². The van der Waals surface area contributed by atoms with Gasteiger partial charge in [-0.3, -0.25) is 10.1 Å². The molecule has 0 radical (unpaired) electrons. The first kappa shape index (κ1) is 16.0. The molecule has 9 nitrogen and oxygen atoms in total. The topological polar surface area (TPSA) is 108 Å². The number of hydrogen-bond acceptors (Lipinski definition) is 8. The number of carbonyl (C=O) groups is 1. The first-order valence-electron chi connectivity index (χ1n) is 7.23. The van der Waals surface area contributed by atoms with Gasteiger partial charge in [0, 0.05) is 12.6 Å². The molecule has 3 rings (SSSR count). The summed E-state index contributed by atoms with van der Waals surface area (Å²) in [5.74, 6) is 0.877. The Labute approximate surface area is 141 Å². The molecule has 24 heavy (non-hydrogen) atoms. The summed E-state index contributed by atoms with van der Waals surface area (Å²) in [7, 11) is 1.73. The van der Waals surface area contributed by atoms with Crippen LogP contribution in [0.2, 0.25) is 0 Å². The molecule has 0 fully saturated rings. The predicted octanol–water partition coefficient (Wildman–Crippen LogP) is 1.46. The highest BCUT2D eigenvalue weighted by Gasteiger charge is 2.11. The molecule has 2 aromatic heterocycles. The molecule has 1 N–H and O–H groups in total. The molecule has 1 aromatic carbocycles. The summed E-state index contributed by atoms with van der Waals surface area (Å²) < 4.78 is 7.15. The summed E-state index contributed by atoms with van der Waals surface area (Å²) in [6.45, 7) is 2.20. The molecule has 0 saturated heterocycles. The van der Waals surface area contributed by atoms with Gasteiger partial charge in [-0.05, 0) is 35.0 Å². The van der Waals surface area contributed by atoms with Gasteiger partial charge in [-0.1, -0.05) is 24.3 Å². The summed E-state index contributed by atoms with van der Waals surface area (Å²) in [6.07, 6.45) is 0.785. The van der Waals surface area contributed by atoms with Crippen molar-refractivity contribution in [1.82, 2.24) is 30.4 Å². The van der Waals surface area contributed by atoms with Gasteiger partial charge in [-0.2, -0.15) is 0 Å². The minimum atomic E-state index is -0.264. The molecule has 1 amide bonds. The number of nitrogens with zero attached hydrogens (tertiary/aromatic N) is 6. The van der Waals surface area contributed by atoms with Gasteiger partial charge in [0.1, 0.15) is 17.4 Å². The molecule has 10 heteroatoms. The maximum Gasteiger partial charge on any atom is 0.257 e. The van der Waals surface area contributed by atoms with Crippen LogP contribution in [0.15, 0.2) is 24.3 Å². The van der Waals surface area contributed by atoms with Gasteiger partial charge in [-0.15, -0.1) is 15.3 Å². The zero-order valence-electron chi connectivity index (χ0n) is 13.1. The second-order valence-electron chi connectivity index (χ2n) is 4.84. The maximum absolute atomic E-state index is 12.3. The number of rotatable bonds is 6. The fourth-order valence-electron chi connectivity index (χ4n) is 1.86. The largest absolute Gasteiger partial charge is 0.486 e. The van der Waals surface area contributed by atoms with E-state index in [9.17, 15) is 4.79 Å². The lowest BCUT2D eigenvalue weighted by atomic mass is 10.2. The lowest BCUT2D eigenvalue weighted by molar-refractivity contribution is 0.102. The van der Waals surface area contributed by atoms with Crippen molar-refractivity contribution in [2.75, 3.05) is 5.32 Å². The first-order valence-corrected chi connectivity index (χ1v) is 8.05. The van der Waals surface area contributed by atoms with Crippen LogP contribution in [0.3, 0.4) is 0 Å². The second-order valence-corrected chi connectivity index (χ2v) is 5.91. The van der Waals surface area contributed by atoms with Gasteiger partial charge in [0.15, 0.2) is 5.82 Å². The van der Waals surface area contributed by atoms with Gasteiger partial charge < -0.3 is 4.74 Å². The highest BCUT2D eigenvalue weighted by molar-refractivity contribution is 7.15. The van der Waals surface area contributed by atoms with E-state index in [0.717, 1.165) is 11.4 Å². The summed E-state index contributed by atoms with van der Waals surface area (Å²) in [5.41, 5.74) is 0.469. The molecule has 0 aliphatic heterocycles. The smallest absolute Gasteiger partial charge is 0.257 e. The van der Waals surface area contributed by atoms with E-state index in [0.29, 0.717) is 22.3 Å². The van der Waals surface area contributed by atoms with Crippen molar-refractivity contribution in [1.29, 1.82) is 0 Å². The maximum atomic E-state index is 12.3. The van der Waals surface area contributed by atoms with Crippen LogP contribution in [0.1, 0.15) is 28.1 Å². The molecule has 0 spiro atoms. The van der Waals surface area contributed by atoms with Crippen LogP contribution in [0.4, 0.5) is 5.13 Å². The van der Waals surface area contributed by atoms with E-state index >= 15 is 0 Å². The van der Waals surface area contributed by atoms with Crippen LogP contribution < -0.4 is 10.1 Å². The zero-order chi connectivity index (χ0) is 16.9. The number of aromatic nitrogens is 6. The molecule has 0 unspecified atom stereocenters. The van der Waals surface area contributed by atoms with Gasteiger partial charge in [-0.25, -0.2) is 4.68 Å². The quantitative estimate of drug-likeness (QED) is 0.720. The van der Waals surface area contributed by atoms with Crippen LogP contribution in [-0.4, -0.2) is 36.3 Å². The number of amides is 1. The molecule has 0 saturated carbocycles. The predicted molar refractivity (Wildman–Crippen MR) is 86.8 cm³/mol. The summed E-state index contributed by atoms with van der Waals surface area (Å²) >= 11 is 1.36. The summed E-state index contributed by atoms with van der Waals surface area (Å²) in [5, 5.41) is 23.1. The van der Waals surface area contributed by atoms with Crippen LogP contribution >= 0.6 is 11.3 Å². The highest BCUT2D eigenvalue weighted by atomic mass is 32.1. The Kier molecular flexibility index (Phi) is 4.75. The van der Waals surface area contributed by atoms with Crippen molar-refractivity contribution in [2.24, 2.45) is 7.05 Å². The standard InChI is InChI=1S/C14H15N7O2S/c1-3-12-17-18-14(24-12)15-13(22)9-5-4-6-10(7-9)23-8-11-16-19-20-21(11)2/h4-7H,3,8H2,1-2H3,(H,15,18,22). The average Bonchev–Trinajstić information content (AvgIpc) is 3.22. The Morgan fingerprint density at radius 1 is 1.33 bits per heavy atom. The number of benzene rings is 1. The van der Waals surface area contributed by atoms with Crippen molar-refractivity contribution in [3.8, 4) is 5.75 Å². The van der Waals surface area contributed by atoms with E-state index in [1.54, 1.807) is 31.3 Å². The van der Waals surface area contributed by atoms with E-state index in [1.165, 1.54) is 16.0 Å². The van der Waals surface area contributed by atoms with Crippen LogP contribution in [-0.2, 0) is 20.1 Å². The van der Waals surface area contributed by atoms with Crippen LogP contribution in [0.25, 0.3) is 0 Å². The third kappa shape index (κ3) is 3.71. The van der Waals surface area contributed by atoms with Crippen molar-refractivity contribution in [3.05, 3.63) is 40.7 Å². The van der Waals surface area contributed by atoms with E-state index in [4.69, 9.17) is 4.74 Å². The molecule has 0 aliphatic rings. The molecular formula is C14H15N7O2S. The number of hydrogen-bond donors (Lipinski definition) is 1. The lowest BCUT2D eigenvalue weighted by Gasteiger charge is -2.07. The summed E-state index contributed by atoms with van der Waals surface area (Å²) in [4.78, 5) is 12.3. The van der Waals surface area contributed by atoms with E-state index in [2.05, 4.69) is 31.0 Å². The Morgan fingerprint density at radius 2 is 2.21 bits per heavy atom. The molecule has 0 aliphatic carbocycles. The number of ether oxygens (including phenoxy) is 1. The van der Waals surface area contributed by atoms with E-state index in [1.807, 2.05) is 6.92 Å². The fraction of sp³-hybridized carbons (Fsp3) is 0.286. The van der Waals surface area contributed by atoms with Gasteiger partial charge in [0.2, 0.25) is 5.13 Å². The number of nitrogens with one attached hydrogen (secondary N) is 1. The Morgan fingerprint density at radius 3 is 2.92 bits per heavy atom. The van der Waals surface area contributed by atoms with E-state index < -0.39 is 0 Å². The Balaban J connectivity index is 1.65. The first-order chi connectivity index (χ1) is 11.7. The number of carbonyl (C=O) groups excluding carboxylic acids is 1. The molecular weight excluding hydrogens is 330 g/mol. The summed E-state index contributed by atoms with van der Waals surface area (Å²) in [6, 6.07) is 6.87. The van der Waals surface area contributed by atoms with Crippen LogP contribution in [0, 0.1) is 0 Å². The Hall–Kier alpha value is -2.88. The van der Waals surface area contributed by atoms with Gasteiger partial charge >= 0.3 is 0 Å².